The van der Waals surface area contributed by atoms with Crippen molar-refractivity contribution in [2.24, 2.45) is 11.1 Å². The Balaban J connectivity index is 2.04. The van der Waals surface area contributed by atoms with Crippen molar-refractivity contribution < 1.29 is 14.7 Å². The van der Waals surface area contributed by atoms with Gasteiger partial charge in [-0.25, -0.2) is 0 Å². The van der Waals surface area contributed by atoms with Crippen LogP contribution in [0.3, 0.4) is 0 Å². The number of aliphatic carboxylic acids is 1. The fourth-order valence-electron chi connectivity index (χ4n) is 2.40. The second-order valence-corrected chi connectivity index (χ2v) is 4.93. The molecule has 0 spiro atoms. The van der Waals surface area contributed by atoms with E-state index in [4.69, 9.17) is 4.84 Å². The van der Waals surface area contributed by atoms with Crippen LogP contribution in [-0.2, 0) is 9.63 Å². The van der Waals surface area contributed by atoms with Gasteiger partial charge in [0.1, 0.15) is 11.3 Å². The SMILES string of the molecule is CC1=CCC(C2(C)CC(C(=O)[O-])=NO2)CC1. The highest BCUT2D eigenvalue weighted by atomic mass is 16.7. The molecule has 88 valence electrons. The zero-order valence-corrected chi connectivity index (χ0v) is 9.66. The summed E-state index contributed by atoms with van der Waals surface area (Å²) < 4.78 is 0. The lowest BCUT2D eigenvalue weighted by molar-refractivity contribution is -0.294. The van der Waals surface area contributed by atoms with Gasteiger partial charge >= 0.3 is 0 Å². The third-order valence-corrected chi connectivity index (χ3v) is 3.62. The molecule has 2 rings (SSSR count). The number of nitrogens with zero attached hydrogens (tertiary/aromatic N) is 1. The molecule has 0 fully saturated rings. The number of carbonyl (C=O) groups is 1. The lowest BCUT2D eigenvalue weighted by Gasteiger charge is -2.33. The molecule has 1 aliphatic carbocycles. The van der Waals surface area contributed by atoms with Gasteiger partial charge in [-0.3, -0.25) is 0 Å². The number of oxime groups is 1. The molecule has 2 unspecified atom stereocenters. The number of rotatable bonds is 2. The summed E-state index contributed by atoms with van der Waals surface area (Å²) in [7, 11) is 0. The van der Waals surface area contributed by atoms with Crippen LogP contribution in [0.5, 0.6) is 0 Å². The number of carboxylic acids is 1. The molecule has 0 saturated carbocycles. The summed E-state index contributed by atoms with van der Waals surface area (Å²) in [5, 5.41) is 14.3. The molecule has 1 aliphatic heterocycles. The van der Waals surface area contributed by atoms with E-state index < -0.39 is 11.6 Å². The molecule has 0 aromatic rings. The number of carbonyl (C=O) groups excluding carboxylic acids is 1. The van der Waals surface area contributed by atoms with E-state index >= 15 is 0 Å². The molecule has 0 N–H and O–H groups in total. The maximum absolute atomic E-state index is 10.7. The minimum atomic E-state index is -1.22. The summed E-state index contributed by atoms with van der Waals surface area (Å²) in [6.07, 6.45) is 5.60. The average molecular weight is 222 g/mol. The van der Waals surface area contributed by atoms with Crippen LogP contribution in [0.2, 0.25) is 0 Å². The van der Waals surface area contributed by atoms with Gasteiger partial charge in [-0.2, -0.15) is 0 Å². The van der Waals surface area contributed by atoms with E-state index in [-0.39, 0.29) is 5.71 Å². The quantitative estimate of drug-likeness (QED) is 0.655. The van der Waals surface area contributed by atoms with Gasteiger partial charge in [0.15, 0.2) is 0 Å². The summed E-state index contributed by atoms with van der Waals surface area (Å²) in [5.74, 6) is -0.872. The predicted octanol–water partition coefficient (Wildman–Crippen LogP) is 1.02. The first-order valence-electron chi connectivity index (χ1n) is 5.63. The summed E-state index contributed by atoms with van der Waals surface area (Å²) in [5.41, 5.74) is 0.972. The molecule has 0 radical (unpaired) electrons. The van der Waals surface area contributed by atoms with Gasteiger partial charge in [0.05, 0.1) is 5.97 Å². The highest BCUT2D eigenvalue weighted by Crippen LogP contribution is 2.39. The highest BCUT2D eigenvalue weighted by Gasteiger charge is 2.42. The third-order valence-electron chi connectivity index (χ3n) is 3.62. The Morgan fingerprint density at radius 3 is 2.94 bits per heavy atom. The van der Waals surface area contributed by atoms with Crippen molar-refractivity contribution in [1.29, 1.82) is 0 Å². The van der Waals surface area contributed by atoms with Gasteiger partial charge in [-0.15, -0.1) is 0 Å². The van der Waals surface area contributed by atoms with E-state index in [1.54, 1.807) is 0 Å². The van der Waals surface area contributed by atoms with Gasteiger partial charge in [-0.1, -0.05) is 16.8 Å². The van der Waals surface area contributed by atoms with Gasteiger partial charge < -0.3 is 14.7 Å². The predicted molar refractivity (Wildman–Crippen MR) is 57.6 cm³/mol. The summed E-state index contributed by atoms with van der Waals surface area (Å²) >= 11 is 0. The first kappa shape index (κ1) is 11.2. The Morgan fingerprint density at radius 1 is 1.69 bits per heavy atom. The fourth-order valence-corrected chi connectivity index (χ4v) is 2.40. The van der Waals surface area contributed by atoms with E-state index in [0.29, 0.717) is 12.3 Å². The number of carboxylic acid groups (broad SMARTS) is 1. The van der Waals surface area contributed by atoms with Crippen molar-refractivity contribution in [1.82, 2.24) is 0 Å². The Hall–Kier alpha value is -1.32. The Labute approximate surface area is 95.0 Å². The van der Waals surface area contributed by atoms with Crippen LogP contribution in [-0.4, -0.2) is 17.3 Å². The average Bonchev–Trinajstić information content (AvgIpc) is 2.63. The normalized spacial score (nSPS) is 34.0. The minimum absolute atomic E-state index is 0.0359. The summed E-state index contributed by atoms with van der Waals surface area (Å²) in [6.45, 7) is 4.06. The molecular weight excluding hydrogens is 206 g/mol. The van der Waals surface area contributed by atoms with E-state index in [1.165, 1.54) is 5.57 Å². The zero-order valence-electron chi connectivity index (χ0n) is 9.66. The first-order valence-corrected chi connectivity index (χ1v) is 5.63. The molecule has 4 heteroatoms. The third kappa shape index (κ3) is 1.96. The van der Waals surface area contributed by atoms with Gasteiger partial charge in [0.2, 0.25) is 0 Å². The largest absolute Gasteiger partial charge is 0.543 e. The summed E-state index contributed by atoms with van der Waals surface area (Å²) in [4.78, 5) is 16.0. The Kier molecular flexibility index (Phi) is 2.74. The lowest BCUT2D eigenvalue weighted by Crippen LogP contribution is -2.39. The maximum atomic E-state index is 10.7. The second kappa shape index (κ2) is 3.92. The number of hydrogen-bond donors (Lipinski definition) is 0. The molecule has 0 saturated heterocycles. The lowest BCUT2D eigenvalue weighted by atomic mass is 9.76. The molecule has 1 heterocycles. The van der Waals surface area contributed by atoms with Gasteiger partial charge in [0.25, 0.3) is 0 Å². The summed E-state index contributed by atoms with van der Waals surface area (Å²) in [6, 6.07) is 0. The van der Waals surface area contributed by atoms with E-state index in [2.05, 4.69) is 18.2 Å². The van der Waals surface area contributed by atoms with Crippen LogP contribution >= 0.6 is 0 Å². The van der Waals surface area contributed by atoms with Crippen molar-refractivity contribution >= 4 is 11.7 Å². The molecular formula is C12H16NO3-. The minimum Gasteiger partial charge on any atom is -0.543 e. The van der Waals surface area contributed by atoms with Crippen LogP contribution < -0.4 is 5.11 Å². The van der Waals surface area contributed by atoms with Crippen molar-refractivity contribution in [3.8, 4) is 0 Å². The molecule has 0 aromatic heterocycles. The monoisotopic (exact) mass is 222 g/mol. The highest BCUT2D eigenvalue weighted by molar-refractivity contribution is 6.35. The van der Waals surface area contributed by atoms with Gasteiger partial charge in [0, 0.05) is 12.3 Å². The first-order chi connectivity index (χ1) is 7.51. The van der Waals surface area contributed by atoms with Crippen LogP contribution in [0.1, 0.15) is 39.5 Å². The van der Waals surface area contributed by atoms with Crippen LogP contribution in [0, 0.1) is 5.92 Å². The van der Waals surface area contributed by atoms with Crippen molar-refractivity contribution in [2.75, 3.05) is 0 Å². The van der Waals surface area contributed by atoms with Crippen LogP contribution in [0.4, 0.5) is 0 Å². The van der Waals surface area contributed by atoms with Crippen molar-refractivity contribution in [2.45, 2.75) is 45.1 Å². The van der Waals surface area contributed by atoms with Crippen molar-refractivity contribution in [3.05, 3.63) is 11.6 Å². The topological polar surface area (TPSA) is 61.7 Å². The smallest absolute Gasteiger partial charge is 0.143 e. The van der Waals surface area contributed by atoms with Crippen LogP contribution in [0.25, 0.3) is 0 Å². The number of hydrogen-bond acceptors (Lipinski definition) is 4. The molecule has 4 nitrogen and oxygen atoms in total. The standard InChI is InChI=1S/C12H17NO3/c1-8-3-5-9(6-4-8)12(2)7-10(11(14)15)13-16-12/h3,9H,4-7H2,1-2H3,(H,14,15)/p-1. The van der Waals surface area contributed by atoms with E-state index in [1.807, 2.05) is 6.92 Å². The molecule has 0 aromatic carbocycles. The van der Waals surface area contributed by atoms with Gasteiger partial charge in [-0.05, 0) is 33.1 Å². The van der Waals surface area contributed by atoms with E-state index in [9.17, 15) is 9.90 Å². The van der Waals surface area contributed by atoms with Crippen LogP contribution in [0.15, 0.2) is 16.8 Å². The Morgan fingerprint density at radius 2 is 2.44 bits per heavy atom. The molecule has 2 atom stereocenters. The fraction of sp³-hybridized carbons (Fsp3) is 0.667. The molecule has 0 amide bonds. The van der Waals surface area contributed by atoms with E-state index in [0.717, 1.165) is 19.3 Å². The molecule has 16 heavy (non-hydrogen) atoms. The van der Waals surface area contributed by atoms with Crippen molar-refractivity contribution in [3.63, 3.8) is 0 Å². The Bertz CT molecular complexity index is 372. The zero-order chi connectivity index (χ0) is 11.8. The number of allylic oxidation sites excluding steroid dienone is 2. The second-order valence-electron chi connectivity index (χ2n) is 4.93. The molecule has 0 bridgehead atoms. The molecule has 2 aliphatic rings. The maximum Gasteiger partial charge on any atom is 0.143 e.